The predicted molar refractivity (Wildman–Crippen MR) is 75.5 cm³/mol. The van der Waals surface area contributed by atoms with E-state index in [2.05, 4.69) is 5.32 Å². The molecule has 1 amide bonds. The van der Waals surface area contributed by atoms with Crippen molar-refractivity contribution in [1.82, 2.24) is 5.32 Å². The molecular weight excluding hydrogens is 321 g/mol. The van der Waals surface area contributed by atoms with E-state index >= 15 is 0 Å². The van der Waals surface area contributed by atoms with Gasteiger partial charge in [0.2, 0.25) is 5.91 Å². The Hall–Kier alpha value is -1.84. The number of amides is 1. The van der Waals surface area contributed by atoms with Crippen molar-refractivity contribution in [3.63, 3.8) is 0 Å². The second-order valence-corrected chi connectivity index (χ2v) is 5.60. The predicted octanol–water partition coefficient (Wildman–Crippen LogP) is 1.22. The van der Waals surface area contributed by atoms with Gasteiger partial charge in [-0.05, 0) is 18.3 Å². The zero-order valence-corrected chi connectivity index (χ0v) is 13.3. The van der Waals surface area contributed by atoms with Crippen LogP contribution < -0.4 is 11.1 Å². The quantitative estimate of drug-likeness (QED) is 0.573. The molecule has 0 aromatic heterocycles. The summed E-state index contributed by atoms with van der Waals surface area (Å²) in [4.78, 5) is 31.4. The number of carboxylic acid groups (broad SMARTS) is 2. The van der Waals surface area contributed by atoms with E-state index in [0.717, 1.165) is 0 Å². The molecule has 0 aliphatic carbocycles. The van der Waals surface area contributed by atoms with Crippen molar-refractivity contribution in [3.05, 3.63) is 0 Å². The molecule has 136 valence electrons. The van der Waals surface area contributed by atoms with Crippen LogP contribution in [-0.4, -0.2) is 46.3 Å². The van der Waals surface area contributed by atoms with Gasteiger partial charge in [-0.1, -0.05) is 27.7 Å². The third kappa shape index (κ3) is 11.4. The summed E-state index contributed by atoms with van der Waals surface area (Å²) < 4.78 is 31.7. The van der Waals surface area contributed by atoms with E-state index in [9.17, 15) is 22.8 Å². The molecule has 0 saturated heterocycles. The molecule has 0 spiro atoms. The summed E-state index contributed by atoms with van der Waals surface area (Å²) in [5.41, 5.74) is 5.63. The van der Waals surface area contributed by atoms with Crippen LogP contribution in [0, 0.1) is 11.8 Å². The first kappa shape index (κ1) is 23.4. The van der Waals surface area contributed by atoms with Crippen LogP contribution in [0.15, 0.2) is 0 Å². The molecule has 0 rings (SSSR count). The SMILES string of the molecule is CC(C)C[C@H](NC(=O)[C@@H](N)C(C)C)C(=O)O.O=C(O)C(F)(F)F. The van der Waals surface area contributed by atoms with Crippen molar-refractivity contribution in [2.45, 2.75) is 52.4 Å². The summed E-state index contributed by atoms with van der Waals surface area (Å²) in [6.07, 6.45) is -4.67. The summed E-state index contributed by atoms with van der Waals surface area (Å²) >= 11 is 0. The lowest BCUT2D eigenvalue weighted by Crippen LogP contribution is -2.50. The molecule has 0 saturated carbocycles. The van der Waals surface area contributed by atoms with Gasteiger partial charge in [0.25, 0.3) is 0 Å². The number of carbonyl (C=O) groups excluding carboxylic acids is 1. The van der Waals surface area contributed by atoms with Crippen molar-refractivity contribution in [1.29, 1.82) is 0 Å². The lowest BCUT2D eigenvalue weighted by molar-refractivity contribution is -0.192. The first-order valence-corrected chi connectivity index (χ1v) is 6.79. The number of carbonyl (C=O) groups is 3. The van der Waals surface area contributed by atoms with E-state index in [0.29, 0.717) is 6.42 Å². The lowest BCUT2D eigenvalue weighted by atomic mass is 10.0. The highest BCUT2D eigenvalue weighted by molar-refractivity contribution is 5.86. The van der Waals surface area contributed by atoms with E-state index in [1.807, 2.05) is 27.7 Å². The molecule has 5 N–H and O–H groups in total. The molecule has 0 bridgehead atoms. The van der Waals surface area contributed by atoms with E-state index in [4.69, 9.17) is 20.7 Å². The minimum absolute atomic E-state index is 0.00602. The Morgan fingerprint density at radius 3 is 1.70 bits per heavy atom. The van der Waals surface area contributed by atoms with Crippen molar-refractivity contribution in [2.75, 3.05) is 0 Å². The maximum Gasteiger partial charge on any atom is 0.490 e. The highest BCUT2D eigenvalue weighted by atomic mass is 19.4. The van der Waals surface area contributed by atoms with Crippen LogP contribution in [0.5, 0.6) is 0 Å². The summed E-state index contributed by atoms with van der Waals surface area (Å²) in [6, 6.07) is -1.51. The normalized spacial score (nSPS) is 13.8. The Balaban J connectivity index is 0. The van der Waals surface area contributed by atoms with Gasteiger partial charge in [0.1, 0.15) is 6.04 Å². The van der Waals surface area contributed by atoms with Crippen LogP contribution in [-0.2, 0) is 14.4 Å². The fourth-order valence-corrected chi connectivity index (χ4v) is 1.26. The number of carboxylic acids is 2. The monoisotopic (exact) mass is 344 g/mol. The van der Waals surface area contributed by atoms with Gasteiger partial charge in [-0.15, -0.1) is 0 Å². The number of nitrogens with two attached hydrogens (primary N) is 1. The second-order valence-electron chi connectivity index (χ2n) is 5.60. The first-order chi connectivity index (χ1) is 10.2. The molecule has 0 aliphatic rings. The Morgan fingerprint density at radius 1 is 1.09 bits per heavy atom. The minimum atomic E-state index is -5.08. The zero-order valence-electron chi connectivity index (χ0n) is 13.3. The molecule has 0 heterocycles. The number of nitrogens with one attached hydrogen (secondary N) is 1. The molecule has 0 unspecified atom stereocenters. The van der Waals surface area contributed by atoms with Crippen molar-refractivity contribution in [2.24, 2.45) is 17.6 Å². The van der Waals surface area contributed by atoms with Crippen LogP contribution in [0.4, 0.5) is 13.2 Å². The average Bonchev–Trinajstić information content (AvgIpc) is 2.35. The highest BCUT2D eigenvalue weighted by Gasteiger charge is 2.38. The Bertz CT molecular complexity index is 411. The summed E-state index contributed by atoms with van der Waals surface area (Å²) in [6.45, 7) is 7.46. The van der Waals surface area contributed by atoms with Crippen molar-refractivity contribution in [3.8, 4) is 0 Å². The number of halogens is 3. The number of hydrogen-bond acceptors (Lipinski definition) is 4. The van der Waals surface area contributed by atoms with E-state index in [1.54, 1.807) is 0 Å². The van der Waals surface area contributed by atoms with Gasteiger partial charge < -0.3 is 21.3 Å². The number of rotatable bonds is 6. The van der Waals surface area contributed by atoms with Gasteiger partial charge in [0.05, 0.1) is 6.04 Å². The third-order valence-corrected chi connectivity index (χ3v) is 2.59. The van der Waals surface area contributed by atoms with Gasteiger partial charge in [0, 0.05) is 0 Å². The Labute approximate surface area is 132 Å². The van der Waals surface area contributed by atoms with Gasteiger partial charge in [-0.3, -0.25) is 4.79 Å². The maximum atomic E-state index is 11.6. The first-order valence-electron chi connectivity index (χ1n) is 6.79. The molecular formula is C13H23F3N2O5. The molecule has 7 nitrogen and oxygen atoms in total. The topological polar surface area (TPSA) is 130 Å². The number of aliphatic carboxylic acids is 2. The average molecular weight is 344 g/mol. The summed E-state index contributed by atoms with van der Waals surface area (Å²) in [5.74, 6) is -3.97. The van der Waals surface area contributed by atoms with Gasteiger partial charge in [-0.25, -0.2) is 9.59 Å². The van der Waals surface area contributed by atoms with Crippen LogP contribution in [0.2, 0.25) is 0 Å². The van der Waals surface area contributed by atoms with Crippen LogP contribution >= 0.6 is 0 Å². The Morgan fingerprint density at radius 2 is 1.48 bits per heavy atom. The number of alkyl halides is 3. The van der Waals surface area contributed by atoms with Gasteiger partial charge in [-0.2, -0.15) is 13.2 Å². The molecule has 0 aliphatic heterocycles. The van der Waals surface area contributed by atoms with Crippen LogP contribution in [0.3, 0.4) is 0 Å². The largest absolute Gasteiger partial charge is 0.490 e. The lowest BCUT2D eigenvalue weighted by Gasteiger charge is -2.20. The standard InChI is InChI=1S/C11H22N2O3.C2HF3O2/c1-6(2)5-8(11(15)16)13-10(14)9(12)7(3)4;3-2(4,5)1(6)7/h6-9H,5,12H2,1-4H3,(H,13,14)(H,15,16);(H,6,7)/t8-,9-;/m0./s1. The molecule has 0 fully saturated rings. The molecule has 0 radical (unpaired) electrons. The fourth-order valence-electron chi connectivity index (χ4n) is 1.26. The van der Waals surface area contributed by atoms with E-state index in [1.165, 1.54) is 0 Å². The molecule has 0 aromatic carbocycles. The fraction of sp³-hybridized carbons (Fsp3) is 0.769. The summed E-state index contributed by atoms with van der Waals surface area (Å²) in [7, 11) is 0. The molecule has 23 heavy (non-hydrogen) atoms. The van der Waals surface area contributed by atoms with Gasteiger partial charge in [0.15, 0.2) is 0 Å². The Kier molecular flexibility index (Phi) is 10.2. The third-order valence-electron chi connectivity index (χ3n) is 2.59. The highest BCUT2D eigenvalue weighted by Crippen LogP contribution is 2.13. The van der Waals surface area contributed by atoms with Crippen LogP contribution in [0.1, 0.15) is 34.1 Å². The van der Waals surface area contributed by atoms with Crippen LogP contribution in [0.25, 0.3) is 0 Å². The number of hydrogen-bond donors (Lipinski definition) is 4. The minimum Gasteiger partial charge on any atom is -0.480 e. The summed E-state index contributed by atoms with van der Waals surface area (Å²) in [5, 5.41) is 18.5. The maximum absolute atomic E-state index is 11.6. The molecule has 0 aromatic rings. The van der Waals surface area contributed by atoms with E-state index in [-0.39, 0.29) is 11.8 Å². The van der Waals surface area contributed by atoms with E-state index < -0.39 is 36.1 Å². The second kappa shape index (κ2) is 10.0. The molecule has 10 heteroatoms. The van der Waals surface area contributed by atoms with Gasteiger partial charge >= 0.3 is 18.1 Å². The van der Waals surface area contributed by atoms with Crippen molar-refractivity contribution < 1.29 is 37.8 Å². The molecule has 2 atom stereocenters. The smallest absolute Gasteiger partial charge is 0.480 e. The van der Waals surface area contributed by atoms with Crippen molar-refractivity contribution >= 4 is 17.8 Å². The zero-order chi connectivity index (χ0) is 19.0.